The number of piperidine rings is 1. The molecule has 6 heteroatoms. The summed E-state index contributed by atoms with van der Waals surface area (Å²) >= 11 is 1.68. The predicted molar refractivity (Wildman–Crippen MR) is 87.3 cm³/mol. The zero-order valence-corrected chi connectivity index (χ0v) is 13.6. The first-order valence-electron chi connectivity index (χ1n) is 7.75. The van der Waals surface area contributed by atoms with E-state index in [-0.39, 0.29) is 6.04 Å². The van der Waals surface area contributed by atoms with E-state index in [2.05, 4.69) is 34.7 Å². The van der Waals surface area contributed by atoms with Gasteiger partial charge in [0.1, 0.15) is 0 Å². The monoisotopic (exact) mass is 308 g/mol. The molecule has 1 aliphatic rings. The number of nitrogens with zero attached hydrogens (tertiary/aromatic N) is 3. The van der Waals surface area contributed by atoms with E-state index < -0.39 is 0 Å². The molecule has 5 nitrogen and oxygen atoms in total. The average molecular weight is 308 g/mol. The van der Waals surface area contributed by atoms with Crippen LogP contribution in [0.5, 0.6) is 0 Å². The van der Waals surface area contributed by atoms with Crippen molar-refractivity contribution in [3.63, 3.8) is 0 Å². The van der Waals surface area contributed by atoms with Gasteiger partial charge in [0.15, 0.2) is 10.8 Å². The van der Waals surface area contributed by atoms with E-state index in [0.717, 1.165) is 49.7 Å². The Balaban J connectivity index is 1.81. The molecule has 1 aliphatic heterocycles. The highest BCUT2D eigenvalue weighted by Gasteiger charge is 2.25. The van der Waals surface area contributed by atoms with Crippen LogP contribution < -0.4 is 10.6 Å². The summed E-state index contributed by atoms with van der Waals surface area (Å²) in [5, 5.41) is 2.08. The summed E-state index contributed by atoms with van der Waals surface area (Å²) in [6.07, 6.45) is 5.53. The Morgan fingerprint density at radius 2 is 2.24 bits per heavy atom. The van der Waals surface area contributed by atoms with Crippen molar-refractivity contribution < 1.29 is 4.74 Å². The first kappa shape index (κ1) is 14.8. The highest BCUT2D eigenvalue weighted by Crippen LogP contribution is 2.28. The first-order chi connectivity index (χ1) is 10.2. The summed E-state index contributed by atoms with van der Waals surface area (Å²) in [4.78, 5) is 8.29. The number of imidazole rings is 1. The molecule has 3 rings (SSSR count). The molecule has 21 heavy (non-hydrogen) atoms. The molecule has 0 aromatic carbocycles. The van der Waals surface area contributed by atoms with Crippen LogP contribution in [0.1, 0.15) is 32.4 Å². The van der Waals surface area contributed by atoms with Crippen LogP contribution in [-0.4, -0.2) is 41.2 Å². The molecule has 2 aromatic rings. The van der Waals surface area contributed by atoms with Crippen LogP contribution in [0.4, 0.5) is 5.82 Å². The van der Waals surface area contributed by atoms with Gasteiger partial charge < -0.3 is 15.4 Å². The van der Waals surface area contributed by atoms with Crippen molar-refractivity contribution in [2.45, 2.75) is 45.3 Å². The lowest BCUT2D eigenvalue weighted by atomic mass is 10.1. The Bertz CT molecular complexity index is 584. The Kier molecular flexibility index (Phi) is 4.47. The minimum Gasteiger partial charge on any atom is -0.378 e. The van der Waals surface area contributed by atoms with Gasteiger partial charge >= 0.3 is 0 Å². The molecule has 116 valence electrons. The normalized spacial score (nSPS) is 18.5. The summed E-state index contributed by atoms with van der Waals surface area (Å²) in [7, 11) is 0. The summed E-state index contributed by atoms with van der Waals surface area (Å²) in [6, 6.07) is 0.143. The predicted octanol–water partition coefficient (Wildman–Crippen LogP) is 2.29. The van der Waals surface area contributed by atoms with E-state index in [1.165, 1.54) is 5.69 Å². The van der Waals surface area contributed by atoms with Crippen molar-refractivity contribution in [1.29, 1.82) is 0 Å². The topological polar surface area (TPSA) is 55.8 Å². The van der Waals surface area contributed by atoms with Gasteiger partial charge in [0.2, 0.25) is 0 Å². The minimum absolute atomic E-state index is 0.143. The number of ether oxygens (including phenoxy) is 1. The fourth-order valence-corrected chi connectivity index (χ4v) is 3.77. The van der Waals surface area contributed by atoms with Crippen molar-refractivity contribution in [2.75, 3.05) is 24.6 Å². The minimum atomic E-state index is 0.143. The molecule has 2 N–H and O–H groups in total. The first-order valence-corrected chi connectivity index (χ1v) is 8.63. The van der Waals surface area contributed by atoms with Crippen molar-refractivity contribution >= 4 is 22.1 Å². The summed E-state index contributed by atoms with van der Waals surface area (Å²) in [5.74, 6) is 1.12. The number of nitrogens with two attached hydrogens (primary N) is 1. The largest absolute Gasteiger partial charge is 0.378 e. The Morgan fingerprint density at radius 3 is 2.90 bits per heavy atom. The van der Waals surface area contributed by atoms with Gasteiger partial charge in [0.05, 0.1) is 11.8 Å². The number of hydrogen-bond donors (Lipinski definition) is 1. The lowest BCUT2D eigenvalue weighted by molar-refractivity contribution is 0.0458. The second kappa shape index (κ2) is 6.34. The SMILES string of the molecule is CCOC1CCN(c2nc3sccn3c2CC(C)N)CC1. The molecule has 0 amide bonds. The molecule has 1 fully saturated rings. The zero-order chi connectivity index (χ0) is 14.8. The third-order valence-electron chi connectivity index (χ3n) is 4.00. The molecule has 2 aromatic heterocycles. The molecule has 0 radical (unpaired) electrons. The van der Waals surface area contributed by atoms with Crippen molar-refractivity contribution in [2.24, 2.45) is 5.73 Å². The van der Waals surface area contributed by atoms with Crippen molar-refractivity contribution in [3.05, 3.63) is 17.3 Å². The average Bonchev–Trinajstić information content (AvgIpc) is 3.03. The number of thiazole rings is 1. The Labute approximate surface area is 129 Å². The Morgan fingerprint density at radius 1 is 1.48 bits per heavy atom. The fourth-order valence-electron chi connectivity index (χ4n) is 3.04. The van der Waals surface area contributed by atoms with Crippen molar-refractivity contribution in [1.82, 2.24) is 9.38 Å². The molecule has 0 spiro atoms. The summed E-state index contributed by atoms with van der Waals surface area (Å²) < 4.78 is 7.93. The fraction of sp³-hybridized carbons (Fsp3) is 0.667. The smallest absolute Gasteiger partial charge is 0.195 e. The maximum absolute atomic E-state index is 6.03. The second-order valence-corrected chi connectivity index (χ2v) is 6.63. The number of anilines is 1. The van der Waals surface area contributed by atoms with Crippen LogP contribution in [0, 0.1) is 0 Å². The lowest BCUT2D eigenvalue weighted by Gasteiger charge is -2.32. The number of rotatable bonds is 5. The van der Waals surface area contributed by atoms with Crippen LogP contribution in [0.15, 0.2) is 11.6 Å². The molecule has 1 atom stereocenters. The molecule has 1 unspecified atom stereocenters. The van der Waals surface area contributed by atoms with Gasteiger partial charge in [-0.05, 0) is 26.7 Å². The van der Waals surface area contributed by atoms with Gasteiger partial charge in [0.25, 0.3) is 0 Å². The van der Waals surface area contributed by atoms with Crippen LogP contribution in [0.25, 0.3) is 4.96 Å². The van der Waals surface area contributed by atoms with Crippen LogP contribution in [-0.2, 0) is 11.2 Å². The molecule has 0 bridgehead atoms. The van der Waals surface area contributed by atoms with E-state index >= 15 is 0 Å². The van der Waals surface area contributed by atoms with Gasteiger partial charge in [-0.25, -0.2) is 4.98 Å². The number of hydrogen-bond acceptors (Lipinski definition) is 5. The van der Waals surface area contributed by atoms with Gasteiger partial charge in [0, 0.05) is 43.7 Å². The highest BCUT2D eigenvalue weighted by molar-refractivity contribution is 7.15. The van der Waals surface area contributed by atoms with E-state index in [0.29, 0.717) is 6.10 Å². The zero-order valence-electron chi connectivity index (χ0n) is 12.8. The van der Waals surface area contributed by atoms with Crippen LogP contribution in [0.3, 0.4) is 0 Å². The molecule has 1 saturated heterocycles. The van der Waals surface area contributed by atoms with E-state index in [9.17, 15) is 0 Å². The molecule has 0 saturated carbocycles. The lowest BCUT2D eigenvalue weighted by Crippen LogP contribution is -2.38. The maximum Gasteiger partial charge on any atom is 0.195 e. The second-order valence-electron chi connectivity index (χ2n) is 5.76. The van der Waals surface area contributed by atoms with E-state index in [1.54, 1.807) is 11.3 Å². The summed E-state index contributed by atoms with van der Waals surface area (Å²) in [5.41, 5.74) is 7.27. The highest BCUT2D eigenvalue weighted by atomic mass is 32.1. The van der Waals surface area contributed by atoms with Gasteiger partial charge in [-0.3, -0.25) is 4.40 Å². The molecule has 3 heterocycles. The molecular formula is C15H24N4OS. The van der Waals surface area contributed by atoms with E-state index in [1.807, 2.05) is 0 Å². The van der Waals surface area contributed by atoms with Crippen LogP contribution >= 0.6 is 11.3 Å². The van der Waals surface area contributed by atoms with Gasteiger partial charge in [-0.1, -0.05) is 0 Å². The van der Waals surface area contributed by atoms with E-state index in [4.69, 9.17) is 15.5 Å². The van der Waals surface area contributed by atoms with Crippen molar-refractivity contribution in [3.8, 4) is 0 Å². The maximum atomic E-state index is 6.03. The third kappa shape index (κ3) is 3.07. The quantitative estimate of drug-likeness (QED) is 0.921. The Hall–Kier alpha value is -1.11. The van der Waals surface area contributed by atoms with Crippen LogP contribution in [0.2, 0.25) is 0 Å². The van der Waals surface area contributed by atoms with Gasteiger partial charge in [-0.2, -0.15) is 0 Å². The standard InChI is InChI=1S/C15H24N4OS/c1-3-20-12-4-6-18(7-5-12)14-13(10-11(2)16)19-8-9-21-15(19)17-14/h8-9,11-12H,3-7,10,16H2,1-2H3. The molecular weight excluding hydrogens is 284 g/mol. The summed E-state index contributed by atoms with van der Waals surface area (Å²) in [6.45, 7) is 6.96. The van der Waals surface area contributed by atoms with Gasteiger partial charge in [-0.15, -0.1) is 11.3 Å². The molecule has 0 aliphatic carbocycles. The number of aromatic nitrogens is 2. The third-order valence-corrected chi connectivity index (χ3v) is 4.76. The number of fused-ring (bicyclic) bond motifs is 1.